The molecule has 1 aromatic heterocycles. The average Bonchev–Trinajstić information content (AvgIpc) is 2.50. The SMILES string of the molecule is CC(=O)Cc1csc(N(C)C(C)=O)n1. The molecule has 0 spiro atoms. The van der Waals surface area contributed by atoms with Gasteiger partial charge in [0.15, 0.2) is 5.13 Å². The third-order valence-electron chi connectivity index (χ3n) is 1.73. The number of rotatable bonds is 3. The quantitative estimate of drug-likeness (QED) is 0.757. The molecule has 14 heavy (non-hydrogen) atoms. The number of hydrogen-bond acceptors (Lipinski definition) is 4. The molecule has 0 aliphatic rings. The lowest BCUT2D eigenvalue weighted by Crippen LogP contribution is -2.22. The van der Waals surface area contributed by atoms with E-state index >= 15 is 0 Å². The van der Waals surface area contributed by atoms with Crippen molar-refractivity contribution in [1.29, 1.82) is 0 Å². The average molecular weight is 212 g/mol. The lowest BCUT2D eigenvalue weighted by atomic mass is 10.3. The van der Waals surface area contributed by atoms with Crippen LogP contribution in [0.15, 0.2) is 5.38 Å². The highest BCUT2D eigenvalue weighted by Gasteiger charge is 2.10. The zero-order chi connectivity index (χ0) is 10.7. The third kappa shape index (κ3) is 2.63. The first kappa shape index (κ1) is 10.8. The van der Waals surface area contributed by atoms with Gasteiger partial charge in [0.25, 0.3) is 0 Å². The Morgan fingerprint density at radius 1 is 1.50 bits per heavy atom. The minimum Gasteiger partial charge on any atom is -0.300 e. The number of thiazole rings is 1. The van der Waals surface area contributed by atoms with Gasteiger partial charge in [0, 0.05) is 25.8 Å². The normalized spacial score (nSPS) is 9.93. The van der Waals surface area contributed by atoms with Crippen molar-refractivity contribution in [3.8, 4) is 0 Å². The molecule has 0 aliphatic heterocycles. The molecule has 0 saturated carbocycles. The summed E-state index contributed by atoms with van der Waals surface area (Å²) in [5.41, 5.74) is 0.727. The predicted molar refractivity (Wildman–Crippen MR) is 55.6 cm³/mol. The Labute approximate surface area is 86.6 Å². The van der Waals surface area contributed by atoms with Crippen LogP contribution in [-0.4, -0.2) is 23.7 Å². The Balaban J connectivity index is 2.77. The van der Waals surface area contributed by atoms with Crippen molar-refractivity contribution < 1.29 is 9.59 Å². The van der Waals surface area contributed by atoms with E-state index in [1.54, 1.807) is 12.4 Å². The van der Waals surface area contributed by atoms with E-state index in [0.29, 0.717) is 11.6 Å². The zero-order valence-electron chi connectivity index (χ0n) is 8.40. The summed E-state index contributed by atoms with van der Waals surface area (Å²) in [6, 6.07) is 0. The van der Waals surface area contributed by atoms with Gasteiger partial charge in [0.1, 0.15) is 5.78 Å². The van der Waals surface area contributed by atoms with Crippen LogP contribution in [0.25, 0.3) is 0 Å². The Hall–Kier alpha value is -1.23. The maximum atomic E-state index is 11.0. The molecule has 0 aliphatic carbocycles. The van der Waals surface area contributed by atoms with E-state index in [1.165, 1.54) is 30.1 Å². The molecule has 1 aromatic rings. The van der Waals surface area contributed by atoms with Gasteiger partial charge in [-0.2, -0.15) is 0 Å². The zero-order valence-corrected chi connectivity index (χ0v) is 9.22. The van der Waals surface area contributed by atoms with Crippen LogP contribution in [-0.2, 0) is 16.0 Å². The number of ketones is 1. The Bertz CT molecular complexity index is 359. The van der Waals surface area contributed by atoms with Crippen LogP contribution < -0.4 is 4.90 Å². The van der Waals surface area contributed by atoms with E-state index in [9.17, 15) is 9.59 Å². The van der Waals surface area contributed by atoms with Crippen LogP contribution in [0, 0.1) is 0 Å². The van der Waals surface area contributed by atoms with Crippen molar-refractivity contribution >= 4 is 28.2 Å². The maximum absolute atomic E-state index is 11.0. The highest BCUT2D eigenvalue weighted by molar-refractivity contribution is 7.14. The first-order valence-corrected chi connectivity index (χ1v) is 5.07. The molecule has 0 aromatic carbocycles. The molecule has 1 rings (SSSR count). The van der Waals surface area contributed by atoms with Crippen LogP contribution >= 0.6 is 11.3 Å². The highest BCUT2D eigenvalue weighted by atomic mass is 32.1. The van der Waals surface area contributed by atoms with Crippen molar-refractivity contribution in [3.05, 3.63) is 11.1 Å². The Morgan fingerprint density at radius 3 is 2.64 bits per heavy atom. The molecule has 4 nitrogen and oxygen atoms in total. The number of carbonyl (C=O) groups excluding carboxylic acids is 2. The van der Waals surface area contributed by atoms with Crippen LogP contribution in [0.1, 0.15) is 19.5 Å². The van der Waals surface area contributed by atoms with E-state index in [4.69, 9.17) is 0 Å². The van der Waals surface area contributed by atoms with Crippen LogP contribution in [0.3, 0.4) is 0 Å². The summed E-state index contributed by atoms with van der Waals surface area (Å²) in [6.45, 7) is 3.00. The Morgan fingerprint density at radius 2 is 2.14 bits per heavy atom. The van der Waals surface area contributed by atoms with Gasteiger partial charge >= 0.3 is 0 Å². The lowest BCUT2D eigenvalue weighted by Gasteiger charge is -2.09. The highest BCUT2D eigenvalue weighted by Crippen LogP contribution is 2.19. The minimum absolute atomic E-state index is 0.0614. The number of amides is 1. The van der Waals surface area contributed by atoms with E-state index in [0.717, 1.165) is 5.69 Å². The maximum Gasteiger partial charge on any atom is 0.225 e. The van der Waals surface area contributed by atoms with E-state index in [-0.39, 0.29) is 11.7 Å². The fourth-order valence-electron chi connectivity index (χ4n) is 0.921. The summed E-state index contributed by atoms with van der Waals surface area (Å²) in [6.07, 6.45) is 0.336. The summed E-state index contributed by atoms with van der Waals surface area (Å²) in [7, 11) is 1.67. The third-order valence-corrected chi connectivity index (χ3v) is 2.69. The van der Waals surface area contributed by atoms with Crippen molar-refractivity contribution in [3.63, 3.8) is 0 Å². The molecule has 0 radical (unpaired) electrons. The minimum atomic E-state index is -0.0614. The van der Waals surface area contributed by atoms with E-state index in [1.807, 2.05) is 0 Å². The standard InChI is InChI=1S/C9H12N2O2S/c1-6(12)4-8-5-14-9(10-8)11(3)7(2)13/h5H,4H2,1-3H3. The summed E-state index contributed by atoms with van der Waals surface area (Å²) < 4.78 is 0. The number of carbonyl (C=O) groups is 2. The van der Waals surface area contributed by atoms with Crippen LogP contribution in [0.4, 0.5) is 5.13 Å². The van der Waals surface area contributed by atoms with Crippen molar-refractivity contribution in [1.82, 2.24) is 4.98 Å². The molecule has 0 N–H and O–H groups in total. The first-order chi connectivity index (χ1) is 6.50. The summed E-state index contributed by atoms with van der Waals surface area (Å²) in [5, 5.41) is 2.43. The number of Topliss-reactive ketones (excluding diaryl/α,β-unsaturated/α-hetero) is 1. The van der Waals surface area contributed by atoms with Crippen LogP contribution in [0.2, 0.25) is 0 Å². The number of anilines is 1. The van der Waals surface area contributed by atoms with E-state index < -0.39 is 0 Å². The summed E-state index contributed by atoms with van der Waals surface area (Å²) in [5.74, 6) is 0.0149. The van der Waals surface area contributed by atoms with Crippen LogP contribution in [0.5, 0.6) is 0 Å². The van der Waals surface area contributed by atoms with Gasteiger partial charge in [-0.1, -0.05) is 0 Å². The molecule has 1 heterocycles. The number of aromatic nitrogens is 1. The second-order valence-corrected chi connectivity index (χ2v) is 3.91. The second kappa shape index (κ2) is 4.32. The number of nitrogens with zero attached hydrogens (tertiary/aromatic N) is 2. The largest absolute Gasteiger partial charge is 0.300 e. The van der Waals surface area contributed by atoms with Gasteiger partial charge in [-0.25, -0.2) is 4.98 Å². The fraction of sp³-hybridized carbons (Fsp3) is 0.444. The van der Waals surface area contributed by atoms with Gasteiger partial charge in [-0.15, -0.1) is 11.3 Å². The van der Waals surface area contributed by atoms with E-state index in [2.05, 4.69) is 4.98 Å². The monoisotopic (exact) mass is 212 g/mol. The second-order valence-electron chi connectivity index (χ2n) is 3.08. The van der Waals surface area contributed by atoms with Crippen molar-refractivity contribution in [2.24, 2.45) is 0 Å². The molecule has 0 unspecified atom stereocenters. The number of hydrogen-bond donors (Lipinski definition) is 0. The molecule has 76 valence electrons. The molecule has 0 atom stereocenters. The molecular formula is C9H12N2O2S. The van der Waals surface area contributed by atoms with Crippen molar-refractivity contribution in [2.75, 3.05) is 11.9 Å². The molecule has 1 amide bonds. The lowest BCUT2D eigenvalue weighted by molar-refractivity contribution is -0.117. The summed E-state index contributed by atoms with van der Waals surface area (Å²) >= 11 is 1.37. The van der Waals surface area contributed by atoms with Gasteiger partial charge in [0.2, 0.25) is 5.91 Å². The predicted octanol–water partition coefficient (Wildman–Crippen LogP) is 1.26. The topological polar surface area (TPSA) is 50.3 Å². The fourth-order valence-corrected chi connectivity index (χ4v) is 1.76. The molecule has 0 fully saturated rings. The summed E-state index contributed by atoms with van der Waals surface area (Å²) in [4.78, 5) is 27.5. The smallest absolute Gasteiger partial charge is 0.225 e. The van der Waals surface area contributed by atoms with Gasteiger partial charge in [-0.05, 0) is 6.92 Å². The first-order valence-electron chi connectivity index (χ1n) is 4.19. The molecule has 0 bridgehead atoms. The van der Waals surface area contributed by atoms with Gasteiger partial charge < -0.3 is 0 Å². The van der Waals surface area contributed by atoms with Gasteiger partial charge in [-0.3, -0.25) is 14.5 Å². The Kier molecular flexibility index (Phi) is 3.35. The molecule has 5 heteroatoms. The van der Waals surface area contributed by atoms with Gasteiger partial charge in [0.05, 0.1) is 5.69 Å². The molecule has 0 saturated heterocycles. The van der Waals surface area contributed by atoms with Crippen molar-refractivity contribution in [2.45, 2.75) is 20.3 Å². The molecular weight excluding hydrogens is 200 g/mol.